The van der Waals surface area contributed by atoms with Gasteiger partial charge in [-0.1, -0.05) is 60.4 Å². The van der Waals surface area contributed by atoms with Crippen LogP contribution in [0.15, 0.2) is 70.0 Å². The van der Waals surface area contributed by atoms with Crippen molar-refractivity contribution in [1.82, 2.24) is 0 Å². The fourth-order valence-corrected chi connectivity index (χ4v) is 4.34. The van der Waals surface area contributed by atoms with Crippen molar-refractivity contribution >= 4 is 51.8 Å². The summed E-state index contributed by atoms with van der Waals surface area (Å²) in [4.78, 5) is 26.4. The first-order valence-electron chi connectivity index (χ1n) is 9.10. The van der Waals surface area contributed by atoms with Crippen LogP contribution in [0.3, 0.4) is 0 Å². The lowest BCUT2D eigenvalue weighted by molar-refractivity contribution is -0.113. The Kier molecular flexibility index (Phi) is 5.57. The molecule has 0 spiro atoms. The highest BCUT2D eigenvalue weighted by atomic mass is 32.2. The number of thioether (sulfide) groups is 1. The number of benzene rings is 2. The van der Waals surface area contributed by atoms with E-state index in [9.17, 15) is 9.59 Å². The molecule has 0 atom stereocenters. The minimum atomic E-state index is -0.224. The second-order valence-electron chi connectivity index (χ2n) is 6.52. The van der Waals surface area contributed by atoms with Gasteiger partial charge in [0.25, 0.3) is 5.91 Å². The number of hydrogen-bond acceptors (Lipinski definition) is 6. The molecule has 0 bridgehead atoms. The van der Waals surface area contributed by atoms with Crippen LogP contribution >= 0.6 is 24.0 Å². The first kappa shape index (κ1) is 20.1. The predicted molar refractivity (Wildman–Crippen MR) is 123 cm³/mol. The zero-order valence-corrected chi connectivity index (χ0v) is 17.9. The summed E-state index contributed by atoms with van der Waals surface area (Å²) in [5, 5.41) is 0. The van der Waals surface area contributed by atoms with Gasteiger partial charge in [-0.3, -0.25) is 14.5 Å². The Morgan fingerprint density at radius 3 is 2.53 bits per heavy atom. The first-order valence-corrected chi connectivity index (χ1v) is 10.3. The number of Topliss-reactive ketones (excluding diaryl/α,β-unsaturated/α-hetero) is 1. The minimum absolute atomic E-state index is 0.0127. The molecule has 4 rings (SSSR count). The summed E-state index contributed by atoms with van der Waals surface area (Å²) in [6.45, 7) is 1.53. The van der Waals surface area contributed by atoms with E-state index >= 15 is 0 Å². The Bertz CT molecular complexity index is 1180. The summed E-state index contributed by atoms with van der Waals surface area (Å²) in [6, 6.07) is 18.1. The predicted octanol–water partition coefficient (Wildman–Crippen LogP) is 5.56. The van der Waals surface area contributed by atoms with Crippen molar-refractivity contribution in [3.8, 4) is 17.1 Å². The molecule has 2 heterocycles. The van der Waals surface area contributed by atoms with Gasteiger partial charge in [0.05, 0.1) is 17.7 Å². The molecule has 5 nitrogen and oxygen atoms in total. The van der Waals surface area contributed by atoms with Crippen molar-refractivity contribution in [2.24, 2.45) is 0 Å². The minimum Gasteiger partial charge on any atom is -0.495 e. The van der Waals surface area contributed by atoms with Gasteiger partial charge in [0.15, 0.2) is 10.1 Å². The zero-order valence-electron chi connectivity index (χ0n) is 16.2. The number of amides is 1. The van der Waals surface area contributed by atoms with Crippen molar-refractivity contribution in [2.75, 3.05) is 12.0 Å². The largest absolute Gasteiger partial charge is 0.495 e. The van der Waals surface area contributed by atoms with Gasteiger partial charge in [-0.2, -0.15) is 0 Å². The van der Waals surface area contributed by atoms with E-state index in [1.165, 1.54) is 23.6 Å². The van der Waals surface area contributed by atoms with Gasteiger partial charge < -0.3 is 9.15 Å². The zero-order chi connectivity index (χ0) is 21.3. The molecule has 150 valence electrons. The van der Waals surface area contributed by atoms with Gasteiger partial charge in [0.1, 0.15) is 17.3 Å². The van der Waals surface area contributed by atoms with Crippen LogP contribution < -0.4 is 9.64 Å². The molecule has 1 aliphatic heterocycles. The normalized spacial score (nSPS) is 15.1. The SMILES string of the molecule is COc1ccccc1N1C(=O)/C(=C\c2ccc(-c3ccc(C(C)=O)cc3)o2)SC1=S. The van der Waals surface area contributed by atoms with E-state index < -0.39 is 0 Å². The number of nitrogens with zero attached hydrogens (tertiary/aromatic N) is 1. The molecule has 1 aromatic heterocycles. The third kappa shape index (κ3) is 3.81. The summed E-state index contributed by atoms with van der Waals surface area (Å²) in [7, 11) is 1.56. The second kappa shape index (κ2) is 8.30. The van der Waals surface area contributed by atoms with Crippen molar-refractivity contribution in [3.05, 3.63) is 76.9 Å². The second-order valence-corrected chi connectivity index (χ2v) is 8.20. The van der Waals surface area contributed by atoms with Crippen LogP contribution in [0.1, 0.15) is 23.0 Å². The van der Waals surface area contributed by atoms with E-state index in [2.05, 4.69) is 0 Å². The molecule has 0 N–H and O–H groups in total. The maximum atomic E-state index is 13.0. The molecule has 1 amide bonds. The Morgan fingerprint density at radius 2 is 1.83 bits per heavy atom. The Morgan fingerprint density at radius 1 is 1.10 bits per heavy atom. The van der Waals surface area contributed by atoms with Gasteiger partial charge >= 0.3 is 0 Å². The molecule has 0 radical (unpaired) electrons. The number of anilines is 1. The average Bonchev–Trinajstić information content (AvgIpc) is 3.32. The number of methoxy groups -OCH3 is 1. The lowest BCUT2D eigenvalue weighted by Crippen LogP contribution is -2.27. The maximum Gasteiger partial charge on any atom is 0.271 e. The van der Waals surface area contributed by atoms with Gasteiger partial charge in [-0.25, -0.2) is 0 Å². The first-order chi connectivity index (χ1) is 14.5. The monoisotopic (exact) mass is 435 g/mol. The van der Waals surface area contributed by atoms with Gasteiger partial charge in [-0.05, 0) is 31.2 Å². The highest BCUT2D eigenvalue weighted by Crippen LogP contribution is 2.40. The third-order valence-electron chi connectivity index (χ3n) is 4.60. The van der Waals surface area contributed by atoms with Crippen LogP contribution in [-0.2, 0) is 4.79 Å². The highest BCUT2D eigenvalue weighted by molar-refractivity contribution is 8.27. The molecule has 2 aromatic carbocycles. The molecular weight excluding hydrogens is 418 g/mol. The average molecular weight is 436 g/mol. The van der Waals surface area contributed by atoms with Crippen molar-refractivity contribution < 1.29 is 18.7 Å². The topological polar surface area (TPSA) is 59.8 Å². The molecule has 1 saturated heterocycles. The van der Waals surface area contributed by atoms with E-state index in [0.717, 1.165) is 5.56 Å². The van der Waals surface area contributed by atoms with Crippen molar-refractivity contribution in [3.63, 3.8) is 0 Å². The van der Waals surface area contributed by atoms with E-state index in [1.807, 2.05) is 30.3 Å². The van der Waals surface area contributed by atoms with Crippen LogP contribution in [0, 0.1) is 0 Å². The van der Waals surface area contributed by atoms with Crippen LogP contribution in [0.5, 0.6) is 5.75 Å². The van der Waals surface area contributed by atoms with Crippen LogP contribution in [0.25, 0.3) is 17.4 Å². The number of furan rings is 1. The fraction of sp³-hybridized carbons (Fsp3) is 0.0870. The van der Waals surface area contributed by atoms with E-state index in [-0.39, 0.29) is 11.7 Å². The molecule has 3 aromatic rings. The number of hydrogen-bond donors (Lipinski definition) is 0. The molecule has 30 heavy (non-hydrogen) atoms. The number of rotatable bonds is 5. The molecule has 0 saturated carbocycles. The quantitative estimate of drug-likeness (QED) is 0.297. The molecule has 0 aliphatic carbocycles. The maximum absolute atomic E-state index is 13.0. The molecular formula is C23H17NO4S2. The third-order valence-corrected chi connectivity index (χ3v) is 5.90. The number of para-hydroxylation sites is 2. The number of carbonyl (C=O) groups excluding carboxylic acids is 2. The van der Waals surface area contributed by atoms with Crippen LogP contribution in [0.4, 0.5) is 5.69 Å². The van der Waals surface area contributed by atoms with E-state index in [0.29, 0.717) is 37.7 Å². The molecule has 1 fully saturated rings. The fourth-order valence-electron chi connectivity index (χ4n) is 3.07. The van der Waals surface area contributed by atoms with E-state index in [4.69, 9.17) is 21.4 Å². The number of ketones is 1. The summed E-state index contributed by atoms with van der Waals surface area (Å²) in [5.41, 5.74) is 2.10. The lowest BCUT2D eigenvalue weighted by atomic mass is 10.1. The summed E-state index contributed by atoms with van der Waals surface area (Å²) in [6.07, 6.45) is 1.68. The van der Waals surface area contributed by atoms with Gasteiger partial charge in [-0.15, -0.1) is 0 Å². The van der Waals surface area contributed by atoms with Gasteiger partial charge in [0.2, 0.25) is 0 Å². The number of ether oxygens (including phenoxy) is 1. The Hall–Kier alpha value is -3.16. The Labute approximate surface area is 183 Å². The van der Waals surface area contributed by atoms with Gasteiger partial charge in [0, 0.05) is 17.2 Å². The number of carbonyl (C=O) groups is 2. The molecule has 1 aliphatic rings. The summed E-state index contributed by atoms with van der Waals surface area (Å²) in [5.74, 6) is 1.55. The summed E-state index contributed by atoms with van der Waals surface area (Å²) < 4.78 is 11.7. The molecule has 0 unspecified atom stereocenters. The van der Waals surface area contributed by atoms with Crippen LogP contribution in [0.2, 0.25) is 0 Å². The van der Waals surface area contributed by atoms with Crippen molar-refractivity contribution in [1.29, 1.82) is 0 Å². The number of thiocarbonyl (C=S) groups is 1. The highest BCUT2D eigenvalue weighted by Gasteiger charge is 2.35. The van der Waals surface area contributed by atoms with Crippen molar-refractivity contribution in [2.45, 2.75) is 6.92 Å². The van der Waals surface area contributed by atoms with Crippen LogP contribution in [-0.4, -0.2) is 23.1 Å². The van der Waals surface area contributed by atoms with E-state index in [1.54, 1.807) is 43.5 Å². The summed E-state index contributed by atoms with van der Waals surface area (Å²) >= 11 is 6.65. The standard InChI is InChI=1S/C23H17NO4S2/c1-14(25)15-7-9-16(10-8-15)19-12-11-17(28-19)13-21-22(26)24(23(29)30-21)18-5-3-4-6-20(18)27-2/h3-13H,1-2H3/b21-13+. The lowest BCUT2D eigenvalue weighted by Gasteiger charge is -2.17. The molecule has 7 heteroatoms. The Balaban J connectivity index is 1.59. The smallest absolute Gasteiger partial charge is 0.271 e.